The highest BCUT2D eigenvalue weighted by Crippen LogP contribution is 2.12. The molecule has 0 atom stereocenters. The summed E-state index contributed by atoms with van der Waals surface area (Å²) in [5, 5.41) is 3.74. The number of oxime groups is 1. The van der Waals surface area contributed by atoms with Crippen LogP contribution in [0.15, 0.2) is 5.16 Å². The van der Waals surface area contributed by atoms with E-state index in [9.17, 15) is 0 Å². The first kappa shape index (κ1) is 17.5. The molecule has 0 aromatic carbocycles. The Morgan fingerprint density at radius 3 is 1.61 bits per heavy atom. The molecule has 0 aliphatic rings. The second-order valence-corrected chi connectivity index (χ2v) is 5.15. The van der Waals surface area contributed by atoms with Crippen molar-refractivity contribution in [2.24, 2.45) is 5.16 Å². The van der Waals surface area contributed by atoms with Crippen LogP contribution in [0.4, 0.5) is 0 Å². The van der Waals surface area contributed by atoms with Crippen LogP contribution in [0.3, 0.4) is 0 Å². The van der Waals surface area contributed by atoms with Crippen molar-refractivity contribution in [2.75, 3.05) is 7.11 Å². The maximum atomic E-state index is 4.62. The minimum atomic E-state index is 1.06. The van der Waals surface area contributed by atoms with Gasteiger partial charge >= 0.3 is 0 Å². The number of hydrogen-bond acceptors (Lipinski definition) is 2. The van der Waals surface area contributed by atoms with Crippen LogP contribution in [0.5, 0.6) is 0 Å². The average molecular weight is 255 g/mol. The average Bonchev–Trinajstić information content (AvgIpc) is 2.39. The summed E-state index contributed by atoms with van der Waals surface area (Å²) in [7, 11) is 1.60. The lowest BCUT2D eigenvalue weighted by molar-refractivity contribution is 0.214. The Labute approximate surface area is 114 Å². The van der Waals surface area contributed by atoms with Crippen molar-refractivity contribution in [1.82, 2.24) is 0 Å². The van der Waals surface area contributed by atoms with Gasteiger partial charge in [0.1, 0.15) is 7.11 Å². The van der Waals surface area contributed by atoms with Crippen LogP contribution < -0.4 is 0 Å². The molecular weight excluding hydrogens is 222 g/mol. The van der Waals surface area contributed by atoms with E-state index in [0.29, 0.717) is 0 Å². The van der Waals surface area contributed by atoms with Gasteiger partial charge in [0.15, 0.2) is 0 Å². The predicted molar refractivity (Wildman–Crippen MR) is 81.2 cm³/mol. The van der Waals surface area contributed by atoms with Gasteiger partial charge < -0.3 is 4.84 Å². The lowest BCUT2D eigenvalue weighted by atomic mass is 10.0. The fourth-order valence-corrected chi connectivity index (χ4v) is 2.20. The van der Waals surface area contributed by atoms with Crippen molar-refractivity contribution >= 4 is 6.21 Å². The summed E-state index contributed by atoms with van der Waals surface area (Å²) in [5.74, 6) is 0. The predicted octanol–water partition coefficient (Wildman–Crippen LogP) is 5.71. The summed E-state index contributed by atoms with van der Waals surface area (Å²) in [6.45, 7) is 2.28. The fraction of sp³-hybridized carbons (Fsp3) is 0.938. The maximum Gasteiger partial charge on any atom is 0.106 e. The molecule has 0 aromatic rings. The number of rotatable bonds is 14. The number of nitrogens with zero attached hydrogens (tertiary/aromatic N) is 1. The van der Waals surface area contributed by atoms with Crippen molar-refractivity contribution in [1.29, 1.82) is 0 Å². The van der Waals surface area contributed by atoms with Gasteiger partial charge in [-0.15, -0.1) is 0 Å². The monoisotopic (exact) mass is 255 g/mol. The molecule has 0 fully saturated rings. The molecule has 2 heteroatoms. The molecule has 0 bridgehead atoms. The zero-order chi connectivity index (χ0) is 13.3. The zero-order valence-electron chi connectivity index (χ0n) is 12.6. The van der Waals surface area contributed by atoms with E-state index in [-0.39, 0.29) is 0 Å². The minimum absolute atomic E-state index is 1.06. The van der Waals surface area contributed by atoms with Crippen LogP contribution in [0.25, 0.3) is 0 Å². The van der Waals surface area contributed by atoms with Gasteiger partial charge in [0.25, 0.3) is 0 Å². The Bertz CT molecular complexity index is 168. The van der Waals surface area contributed by atoms with Crippen molar-refractivity contribution in [2.45, 2.75) is 90.4 Å². The van der Waals surface area contributed by atoms with Crippen LogP contribution in [0, 0.1) is 0 Å². The van der Waals surface area contributed by atoms with E-state index in [2.05, 4.69) is 16.9 Å². The first-order valence-corrected chi connectivity index (χ1v) is 7.96. The number of unbranched alkanes of at least 4 members (excludes halogenated alkanes) is 12. The van der Waals surface area contributed by atoms with Gasteiger partial charge in [-0.1, -0.05) is 82.7 Å². The van der Waals surface area contributed by atoms with Crippen LogP contribution in [-0.4, -0.2) is 13.3 Å². The van der Waals surface area contributed by atoms with E-state index in [0.717, 1.165) is 6.42 Å². The third kappa shape index (κ3) is 15.5. The van der Waals surface area contributed by atoms with Gasteiger partial charge in [-0.2, -0.15) is 0 Å². The Balaban J connectivity index is 2.92. The van der Waals surface area contributed by atoms with Crippen LogP contribution in [0.2, 0.25) is 0 Å². The van der Waals surface area contributed by atoms with Crippen molar-refractivity contribution in [3.05, 3.63) is 0 Å². The zero-order valence-corrected chi connectivity index (χ0v) is 12.6. The second kappa shape index (κ2) is 16.5. The lowest BCUT2D eigenvalue weighted by Gasteiger charge is -2.02. The van der Waals surface area contributed by atoms with Gasteiger partial charge in [0, 0.05) is 6.21 Å². The third-order valence-corrected chi connectivity index (χ3v) is 3.37. The molecule has 0 unspecified atom stereocenters. The lowest BCUT2D eigenvalue weighted by Crippen LogP contribution is -1.83. The van der Waals surface area contributed by atoms with Gasteiger partial charge in [-0.3, -0.25) is 0 Å². The van der Waals surface area contributed by atoms with Crippen molar-refractivity contribution in [3.8, 4) is 0 Å². The van der Waals surface area contributed by atoms with Gasteiger partial charge in [-0.25, -0.2) is 0 Å². The number of hydrogen-bond donors (Lipinski definition) is 0. The Kier molecular flexibility index (Phi) is 16.0. The van der Waals surface area contributed by atoms with E-state index >= 15 is 0 Å². The normalized spacial score (nSPS) is 11.2. The molecule has 0 spiro atoms. The standard InChI is InChI=1S/C16H33NO/c1-3-4-5-6-7-8-9-10-11-12-13-14-15-16-17-18-2/h16H,3-15H2,1-2H3/b17-16+. The molecule has 18 heavy (non-hydrogen) atoms. The highest BCUT2D eigenvalue weighted by atomic mass is 16.6. The Morgan fingerprint density at radius 2 is 1.17 bits per heavy atom. The second-order valence-electron chi connectivity index (χ2n) is 5.15. The molecule has 0 aliphatic carbocycles. The summed E-state index contributed by atoms with van der Waals surface area (Å²) in [6, 6.07) is 0. The van der Waals surface area contributed by atoms with Crippen molar-refractivity contribution < 1.29 is 4.84 Å². The maximum absolute atomic E-state index is 4.62. The topological polar surface area (TPSA) is 21.6 Å². The Morgan fingerprint density at radius 1 is 0.722 bits per heavy atom. The molecule has 0 radical (unpaired) electrons. The summed E-state index contributed by atoms with van der Waals surface area (Å²) in [4.78, 5) is 4.62. The molecule has 0 rings (SSSR count). The van der Waals surface area contributed by atoms with Crippen molar-refractivity contribution in [3.63, 3.8) is 0 Å². The van der Waals surface area contributed by atoms with E-state index < -0.39 is 0 Å². The summed E-state index contributed by atoms with van der Waals surface area (Å²) in [6.07, 6.45) is 19.8. The van der Waals surface area contributed by atoms with Gasteiger partial charge in [0.05, 0.1) is 0 Å². The van der Waals surface area contributed by atoms with Gasteiger partial charge in [0.2, 0.25) is 0 Å². The highest BCUT2D eigenvalue weighted by Gasteiger charge is 1.92. The first-order chi connectivity index (χ1) is 8.91. The molecule has 0 aromatic heterocycles. The van der Waals surface area contributed by atoms with E-state index in [1.807, 2.05) is 6.21 Å². The first-order valence-electron chi connectivity index (χ1n) is 7.96. The molecule has 108 valence electrons. The van der Waals surface area contributed by atoms with E-state index in [1.54, 1.807) is 7.11 Å². The van der Waals surface area contributed by atoms with Crippen LogP contribution in [-0.2, 0) is 4.84 Å². The summed E-state index contributed by atoms with van der Waals surface area (Å²) in [5.41, 5.74) is 0. The molecule has 0 saturated heterocycles. The summed E-state index contributed by atoms with van der Waals surface area (Å²) < 4.78 is 0. The highest BCUT2D eigenvalue weighted by molar-refractivity contribution is 5.55. The molecular formula is C16H33NO. The minimum Gasteiger partial charge on any atom is -0.399 e. The smallest absolute Gasteiger partial charge is 0.106 e. The third-order valence-electron chi connectivity index (χ3n) is 3.37. The van der Waals surface area contributed by atoms with Crippen LogP contribution >= 0.6 is 0 Å². The quantitative estimate of drug-likeness (QED) is 0.221. The molecule has 0 saturated carbocycles. The molecule has 0 N–H and O–H groups in total. The SMILES string of the molecule is CCCCCCCCCCCCCC/C=N/OC. The van der Waals surface area contributed by atoms with Crippen LogP contribution in [0.1, 0.15) is 90.4 Å². The van der Waals surface area contributed by atoms with E-state index in [1.165, 1.54) is 77.0 Å². The molecule has 0 aliphatic heterocycles. The Hall–Kier alpha value is -0.530. The molecule has 0 heterocycles. The van der Waals surface area contributed by atoms with Gasteiger partial charge in [-0.05, 0) is 12.8 Å². The molecule has 0 amide bonds. The molecule has 2 nitrogen and oxygen atoms in total. The van der Waals surface area contributed by atoms with E-state index in [4.69, 9.17) is 0 Å². The largest absolute Gasteiger partial charge is 0.399 e. The summed E-state index contributed by atoms with van der Waals surface area (Å²) >= 11 is 0. The fourth-order valence-electron chi connectivity index (χ4n) is 2.20.